The van der Waals surface area contributed by atoms with Gasteiger partial charge in [0.25, 0.3) is 0 Å². The van der Waals surface area contributed by atoms with Crippen molar-refractivity contribution in [1.29, 1.82) is 0 Å². The van der Waals surface area contributed by atoms with Gasteiger partial charge >= 0.3 is 0 Å². The molecule has 1 atom stereocenters. The number of nitrogens with zero attached hydrogens (tertiary/aromatic N) is 1. The summed E-state index contributed by atoms with van der Waals surface area (Å²) in [5, 5.41) is 5.80. The molecule has 1 fully saturated rings. The minimum Gasteiger partial charge on any atom is -0.359 e. The Morgan fingerprint density at radius 1 is 1.41 bits per heavy atom. The van der Waals surface area contributed by atoms with E-state index in [0.717, 1.165) is 13.0 Å². The van der Waals surface area contributed by atoms with Crippen LogP contribution >= 0.6 is 0 Å². The van der Waals surface area contributed by atoms with Gasteiger partial charge in [-0.1, -0.05) is 6.92 Å². The van der Waals surface area contributed by atoms with Crippen LogP contribution in [0, 0.1) is 5.41 Å². The zero-order chi connectivity index (χ0) is 12.9. The van der Waals surface area contributed by atoms with Gasteiger partial charge in [0.1, 0.15) is 0 Å². The largest absolute Gasteiger partial charge is 0.359 e. The molecule has 0 aromatic rings. The second-order valence-corrected chi connectivity index (χ2v) is 4.81. The summed E-state index contributed by atoms with van der Waals surface area (Å²) >= 11 is 0. The van der Waals surface area contributed by atoms with Crippen LogP contribution in [0.2, 0.25) is 0 Å². The first-order valence-electron chi connectivity index (χ1n) is 6.24. The SMILES string of the molecule is CCNCCC(=O)N1CCC(C)(C(=O)NC)C1. The Morgan fingerprint density at radius 2 is 2.12 bits per heavy atom. The van der Waals surface area contributed by atoms with Crippen molar-refractivity contribution in [3.05, 3.63) is 0 Å². The van der Waals surface area contributed by atoms with E-state index in [4.69, 9.17) is 0 Å². The topological polar surface area (TPSA) is 61.4 Å². The van der Waals surface area contributed by atoms with Crippen molar-refractivity contribution >= 4 is 11.8 Å². The first-order chi connectivity index (χ1) is 8.03. The van der Waals surface area contributed by atoms with Crippen molar-refractivity contribution in [3.63, 3.8) is 0 Å². The first-order valence-corrected chi connectivity index (χ1v) is 6.24. The normalized spacial score (nSPS) is 23.8. The quantitative estimate of drug-likeness (QED) is 0.665. The van der Waals surface area contributed by atoms with E-state index < -0.39 is 5.41 Å². The molecular formula is C12H23N3O2. The lowest BCUT2D eigenvalue weighted by Crippen LogP contribution is -2.40. The molecule has 5 nitrogen and oxygen atoms in total. The molecule has 0 aromatic heterocycles. The van der Waals surface area contributed by atoms with Gasteiger partial charge in [-0.15, -0.1) is 0 Å². The molecule has 1 rings (SSSR count). The van der Waals surface area contributed by atoms with Gasteiger partial charge in [0, 0.05) is 33.1 Å². The van der Waals surface area contributed by atoms with Gasteiger partial charge in [0.15, 0.2) is 0 Å². The predicted molar refractivity (Wildman–Crippen MR) is 66.5 cm³/mol. The van der Waals surface area contributed by atoms with E-state index in [1.54, 1.807) is 11.9 Å². The molecule has 0 aliphatic carbocycles. The number of nitrogens with one attached hydrogen (secondary N) is 2. The molecule has 17 heavy (non-hydrogen) atoms. The smallest absolute Gasteiger partial charge is 0.227 e. The Hall–Kier alpha value is -1.10. The molecule has 0 saturated carbocycles. The summed E-state index contributed by atoms with van der Waals surface area (Å²) in [5.41, 5.74) is -0.414. The molecule has 1 unspecified atom stereocenters. The Balaban J connectivity index is 2.44. The van der Waals surface area contributed by atoms with E-state index in [1.807, 2.05) is 13.8 Å². The summed E-state index contributed by atoms with van der Waals surface area (Å²) in [5.74, 6) is 0.165. The lowest BCUT2D eigenvalue weighted by Gasteiger charge is -2.22. The van der Waals surface area contributed by atoms with Crippen LogP contribution in [-0.2, 0) is 9.59 Å². The van der Waals surface area contributed by atoms with Gasteiger partial charge in [0.05, 0.1) is 5.41 Å². The summed E-state index contributed by atoms with van der Waals surface area (Å²) in [6.45, 7) is 6.75. The van der Waals surface area contributed by atoms with Crippen molar-refractivity contribution in [2.45, 2.75) is 26.7 Å². The van der Waals surface area contributed by atoms with Gasteiger partial charge in [-0.2, -0.15) is 0 Å². The lowest BCUT2D eigenvalue weighted by molar-refractivity contribution is -0.132. The minimum atomic E-state index is -0.414. The molecule has 5 heteroatoms. The third-order valence-corrected chi connectivity index (χ3v) is 3.37. The average molecular weight is 241 g/mol. The van der Waals surface area contributed by atoms with Crippen molar-refractivity contribution in [1.82, 2.24) is 15.5 Å². The molecule has 0 spiro atoms. The lowest BCUT2D eigenvalue weighted by atomic mass is 9.89. The summed E-state index contributed by atoms with van der Waals surface area (Å²) in [7, 11) is 1.64. The van der Waals surface area contributed by atoms with E-state index in [0.29, 0.717) is 26.1 Å². The van der Waals surface area contributed by atoms with Gasteiger partial charge in [0.2, 0.25) is 11.8 Å². The van der Waals surface area contributed by atoms with Gasteiger partial charge in [-0.05, 0) is 19.9 Å². The van der Waals surface area contributed by atoms with Gasteiger partial charge in [-0.25, -0.2) is 0 Å². The highest BCUT2D eigenvalue weighted by Gasteiger charge is 2.41. The monoisotopic (exact) mass is 241 g/mol. The molecule has 0 radical (unpaired) electrons. The summed E-state index contributed by atoms with van der Waals surface area (Å²) < 4.78 is 0. The van der Waals surface area contributed by atoms with Gasteiger partial charge in [-0.3, -0.25) is 9.59 Å². The zero-order valence-electron chi connectivity index (χ0n) is 11.0. The van der Waals surface area contributed by atoms with Crippen molar-refractivity contribution < 1.29 is 9.59 Å². The van der Waals surface area contributed by atoms with Crippen molar-refractivity contribution in [3.8, 4) is 0 Å². The Morgan fingerprint density at radius 3 is 2.71 bits per heavy atom. The fraction of sp³-hybridized carbons (Fsp3) is 0.833. The summed E-state index contributed by atoms with van der Waals surface area (Å²) in [4.78, 5) is 25.4. The predicted octanol–water partition coefficient (Wildman–Crippen LogP) is -0.0294. The van der Waals surface area contributed by atoms with Crippen molar-refractivity contribution in [2.75, 3.05) is 33.2 Å². The molecule has 1 aliphatic heterocycles. The third-order valence-electron chi connectivity index (χ3n) is 3.37. The Kier molecular flexibility index (Phi) is 4.93. The zero-order valence-corrected chi connectivity index (χ0v) is 11.0. The molecule has 2 N–H and O–H groups in total. The van der Waals surface area contributed by atoms with Crippen LogP contribution in [0.5, 0.6) is 0 Å². The number of hydrogen-bond donors (Lipinski definition) is 2. The molecule has 2 amide bonds. The third kappa shape index (κ3) is 3.43. The van der Waals surface area contributed by atoms with Crippen LogP contribution in [0.15, 0.2) is 0 Å². The number of amides is 2. The fourth-order valence-electron chi connectivity index (χ4n) is 2.19. The molecule has 0 bridgehead atoms. The molecule has 1 heterocycles. The summed E-state index contributed by atoms with van der Waals surface area (Å²) in [6.07, 6.45) is 1.26. The summed E-state index contributed by atoms with van der Waals surface area (Å²) in [6, 6.07) is 0. The highest BCUT2D eigenvalue weighted by Crippen LogP contribution is 2.30. The van der Waals surface area contributed by atoms with Crippen LogP contribution < -0.4 is 10.6 Å². The Labute approximate surface area is 103 Å². The van der Waals surface area contributed by atoms with E-state index in [2.05, 4.69) is 10.6 Å². The second kappa shape index (κ2) is 6.00. The van der Waals surface area contributed by atoms with Crippen LogP contribution in [0.25, 0.3) is 0 Å². The number of carbonyl (C=O) groups is 2. The number of carbonyl (C=O) groups excluding carboxylic acids is 2. The van der Waals surface area contributed by atoms with E-state index in [1.165, 1.54) is 0 Å². The number of hydrogen-bond acceptors (Lipinski definition) is 3. The Bertz CT molecular complexity index is 293. The number of rotatable bonds is 5. The maximum atomic E-state index is 11.9. The van der Waals surface area contributed by atoms with E-state index in [9.17, 15) is 9.59 Å². The average Bonchev–Trinajstić information content (AvgIpc) is 2.72. The standard InChI is InChI=1S/C12H23N3O2/c1-4-14-7-5-10(16)15-8-6-12(2,9-15)11(17)13-3/h14H,4-9H2,1-3H3,(H,13,17). The number of likely N-dealkylation sites (tertiary alicyclic amines) is 1. The minimum absolute atomic E-state index is 0.0273. The van der Waals surface area contributed by atoms with E-state index in [-0.39, 0.29) is 11.8 Å². The van der Waals surface area contributed by atoms with Crippen molar-refractivity contribution in [2.24, 2.45) is 5.41 Å². The van der Waals surface area contributed by atoms with Crippen LogP contribution in [0.3, 0.4) is 0 Å². The highest BCUT2D eigenvalue weighted by atomic mass is 16.2. The molecule has 98 valence electrons. The molecule has 1 saturated heterocycles. The highest BCUT2D eigenvalue weighted by molar-refractivity contribution is 5.84. The molecular weight excluding hydrogens is 218 g/mol. The maximum absolute atomic E-state index is 11.9. The second-order valence-electron chi connectivity index (χ2n) is 4.81. The van der Waals surface area contributed by atoms with Crippen LogP contribution in [0.1, 0.15) is 26.7 Å². The molecule has 0 aromatic carbocycles. The first kappa shape index (κ1) is 14.0. The van der Waals surface area contributed by atoms with Gasteiger partial charge < -0.3 is 15.5 Å². The maximum Gasteiger partial charge on any atom is 0.227 e. The van der Waals surface area contributed by atoms with Crippen LogP contribution in [0.4, 0.5) is 0 Å². The fourth-order valence-corrected chi connectivity index (χ4v) is 2.19. The van der Waals surface area contributed by atoms with E-state index >= 15 is 0 Å². The van der Waals surface area contributed by atoms with Crippen LogP contribution in [-0.4, -0.2) is 49.9 Å². The molecule has 1 aliphatic rings.